The van der Waals surface area contributed by atoms with Crippen LogP contribution in [0.4, 0.5) is 11.5 Å². The van der Waals surface area contributed by atoms with E-state index in [1.54, 1.807) is 0 Å². The number of hydrogen-bond donors (Lipinski definition) is 1. The molecule has 5 nitrogen and oxygen atoms in total. The van der Waals surface area contributed by atoms with Gasteiger partial charge in [0.05, 0.1) is 16.7 Å². The Morgan fingerprint density at radius 3 is 2.54 bits per heavy atom. The van der Waals surface area contributed by atoms with Crippen LogP contribution in [0.1, 0.15) is 48.3 Å². The quantitative estimate of drug-likeness (QED) is 0.307. The van der Waals surface area contributed by atoms with Crippen LogP contribution in [-0.4, -0.2) is 28.5 Å². The van der Waals surface area contributed by atoms with Crippen molar-refractivity contribution in [2.75, 3.05) is 23.3 Å². The highest BCUT2D eigenvalue weighted by molar-refractivity contribution is 6.06. The fourth-order valence-corrected chi connectivity index (χ4v) is 6.18. The van der Waals surface area contributed by atoms with Crippen molar-refractivity contribution in [2.24, 2.45) is 0 Å². The zero-order chi connectivity index (χ0) is 24.8. The van der Waals surface area contributed by atoms with Crippen LogP contribution in [0.5, 0.6) is 0 Å². The summed E-state index contributed by atoms with van der Waals surface area (Å²) in [6, 6.07) is 27.4. The Balaban J connectivity index is 1.44. The molecule has 184 valence electrons. The van der Waals surface area contributed by atoms with E-state index in [2.05, 4.69) is 87.7 Å². The molecule has 0 saturated carbocycles. The molecule has 0 aliphatic carbocycles. The first-order valence-electron chi connectivity index (χ1n) is 13.3. The van der Waals surface area contributed by atoms with Gasteiger partial charge in [0.25, 0.3) is 0 Å². The topological polar surface area (TPSA) is 50.2 Å². The van der Waals surface area contributed by atoms with Crippen molar-refractivity contribution in [3.8, 4) is 0 Å². The predicted molar refractivity (Wildman–Crippen MR) is 150 cm³/mol. The van der Waals surface area contributed by atoms with Gasteiger partial charge in [0.1, 0.15) is 5.82 Å². The summed E-state index contributed by atoms with van der Waals surface area (Å²) in [7, 11) is 0. The second-order valence-electron chi connectivity index (χ2n) is 10.3. The summed E-state index contributed by atoms with van der Waals surface area (Å²) in [6.07, 6.45) is 6.31. The van der Waals surface area contributed by atoms with Crippen LogP contribution in [0.15, 0.2) is 85.1 Å². The molecule has 37 heavy (non-hydrogen) atoms. The number of rotatable bonds is 4. The molecule has 1 amide bonds. The zero-order valence-electron chi connectivity index (χ0n) is 20.9. The molecule has 1 fully saturated rings. The first-order chi connectivity index (χ1) is 18.2. The number of para-hydroxylation sites is 1. The molecule has 4 heterocycles. The van der Waals surface area contributed by atoms with Crippen molar-refractivity contribution < 1.29 is 4.79 Å². The van der Waals surface area contributed by atoms with Crippen LogP contribution in [-0.2, 0) is 11.3 Å². The third-order valence-electron chi connectivity index (χ3n) is 7.93. The maximum Gasteiger partial charge on any atom is 0.225 e. The van der Waals surface area contributed by atoms with Crippen molar-refractivity contribution in [3.05, 3.63) is 102 Å². The lowest BCUT2D eigenvalue weighted by Crippen LogP contribution is -2.31. The van der Waals surface area contributed by atoms with Crippen LogP contribution in [0.25, 0.3) is 21.8 Å². The van der Waals surface area contributed by atoms with Gasteiger partial charge in [0.2, 0.25) is 5.91 Å². The number of carbonyl (C=O) groups excluding carboxylic acids is 1. The van der Waals surface area contributed by atoms with Crippen LogP contribution in [0.2, 0.25) is 0 Å². The SMILES string of the molecule is O=C1C[C@@H](c2cc3ccccc3nc2N2CCCCC2)c2cn(Cc3ccccc3)c3cccc(c23)N1. The maximum atomic E-state index is 13.2. The fourth-order valence-electron chi connectivity index (χ4n) is 6.18. The molecule has 2 aromatic heterocycles. The number of piperidine rings is 1. The van der Waals surface area contributed by atoms with E-state index in [0.717, 1.165) is 58.5 Å². The maximum absolute atomic E-state index is 13.2. The molecule has 1 saturated heterocycles. The lowest BCUT2D eigenvalue weighted by molar-refractivity contribution is -0.116. The van der Waals surface area contributed by atoms with E-state index in [9.17, 15) is 4.79 Å². The zero-order valence-corrected chi connectivity index (χ0v) is 20.9. The summed E-state index contributed by atoms with van der Waals surface area (Å²) in [6.45, 7) is 2.81. The van der Waals surface area contributed by atoms with E-state index < -0.39 is 0 Å². The Morgan fingerprint density at radius 2 is 1.68 bits per heavy atom. The highest BCUT2D eigenvalue weighted by Crippen LogP contribution is 2.44. The van der Waals surface area contributed by atoms with Gasteiger partial charge in [-0.05, 0) is 54.7 Å². The monoisotopic (exact) mass is 486 g/mol. The van der Waals surface area contributed by atoms with Gasteiger partial charge in [-0.3, -0.25) is 4.79 Å². The van der Waals surface area contributed by atoms with E-state index in [4.69, 9.17) is 4.98 Å². The van der Waals surface area contributed by atoms with Gasteiger partial charge in [0, 0.05) is 54.5 Å². The van der Waals surface area contributed by atoms with E-state index in [1.165, 1.54) is 30.4 Å². The summed E-state index contributed by atoms with van der Waals surface area (Å²) in [5, 5.41) is 5.48. The third kappa shape index (κ3) is 3.95. The molecule has 2 aliphatic rings. The molecule has 0 spiro atoms. The first-order valence-corrected chi connectivity index (χ1v) is 13.3. The Hall–Kier alpha value is -4.12. The second-order valence-corrected chi connectivity index (χ2v) is 10.3. The van der Waals surface area contributed by atoms with Gasteiger partial charge in [0.15, 0.2) is 0 Å². The number of pyridine rings is 1. The summed E-state index contributed by atoms with van der Waals surface area (Å²) >= 11 is 0. The van der Waals surface area contributed by atoms with E-state index in [1.807, 2.05) is 12.1 Å². The number of hydrogen-bond acceptors (Lipinski definition) is 3. The molecule has 1 N–H and O–H groups in total. The van der Waals surface area contributed by atoms with Gasteiger partial charge in [-0.25, -0.2) is 4.98 Å². The smallest absolute Gasteiger partial charge is 0.225 e. The predicted octanol–water partition coefficient (Wildman–Crippen LogP) is 6.70. The minimum atomic E-state index is -0.0720. The molecular formula is C32H30N4O. The lowest BCUT2D eigenvalue weighted by atomic mass is 9.87. The molecule has 0 unspecified atom stereocenters. The highest BCUT2D eigenvalue weighted by atomic mass is 16.1. The van der Waals surface area contributed by atoms with Gasteiger partial charge in [-0.1, -0.05) is 54.6 Å². The fraction of sp³-hybridized carbons (Fsp3) is 0.250. The number of benzene rings is 3. The van der Waals surface area contributed by atoms with Crippen LogP contribution in [0.3, 0.4) is 0 Å². The first kappa shape index (κ1) is 22.1. The Bertz CT molecular complexity index is 1610. The second kappa shape index (κ2) is 9.07. The highest BCUT2D eigenvalue weighted by Gasteiger charge is 2.31. The van der Waals surface area contributed by atoms with Crippen LogP contribution < -0.4 is 10.2 Å². The molecule has 2 aliphatic heterocycles. The summed E-state index contributed by atoms with van der Waals surface area (Å²) in [4.78, 5) is 20.9. The third-order valence-corrected chi connectivity index (χ3v) is 7.93. The normalized spacial score (nSPS) is 17.7. The number of nitrogens with one attached hydrogen (secondary N) is 1. The molecule has 0 bridgehead atoms. The van der Waals surface area contributed by atoms with Gasteiger partial charge in [-0.2, -0.15) is 0 Å². The molecule has 5 aromatic rings. The van der Waals surface area contributed by atoms with Crippen LogP contribution >= 0.6 is 0 Å². The minimum absolute atomic E-state index is 0.0565. The summed E-state index contributed by atoms with van der Waals surface area (Å²) in [5.41, 5.74) is 6.69. The Labute approximate surface area is 216 Å². The van der Waals surface area contributed by atoms with E-state index in [-0.39, 0.29) is 11.8 Å². The molecule has 1 atom stereocenters. The lowest BCUT2D eigenvalue weighted by Gasteiger charge is -2.31. The summed E-state index contributed by atoms with van der Waals surface area (Å²) < 4.78 is 2.34. The molecule has 0 radical (unpaired) electrons. The van der Waals surface area contributed by atoms with Gasteiger partial charge in [-0.15, -0.1) is 0 Å². The van der Waals surface area contributed by atoms with Gasteiger partial charge >= 0.3 is 0 Å². The number of amides is 1. The van der Waals surface area contributed by atoms with Crippen molar-refractivity contribution >= 4 is 39.2 Å². The van der Waals surface area contributed by atoms with Gasteiger partial charge < -0.3 is 14.8 Å². The minimum Gasteiger partial charge on any atom is -0.356 e. The largest absolute Gasteiger partial charge is 0.356 e. The van der Waals surface area contributed by atoms with Crippen LogP contribution in [0, 0.1) is 0 Å². The van der Waals surface area contributed by atoms with E-state index in [0.29, 0.717) is 6.42 Å². The standard InChI is InChI=1S/C32H30N4O/c37-30-19-24(25-18-23-12-5-6-13-27(23)34-32(25)35-16-7-2-8-17-35)26-21-36(20-22-10-3-1-4-11-22)29-15-9-14-28(33-30)31(26)29/h1,3-6,9-15,18,21,24H,2,7-8,16-17,19-20H2,(H,33,37)/t24-/m0/s1. The number of aromatic nitrogens is 2. The molecule has 7 rings (SSSR count). The molecular weight excluding hydrogens is 456 g/mol. The summed E-state index contributed by atoms with van der Waals surface area (Å²) in [5.74, 6) is 1.03. The molecule has 3 aromatic carbocycles. The number of fused-ring (bicyclic) bond motifs is 1. The average Bonchev–Trinajstić information content (AvgIpc) is 3.23. The Kier molecular flexibility index (Phi) is 5.42. The average molecular weight is 487 g/mol. The van der Waals surface area contributed by atoms with Crippen molar-refractivity contribution in [2.45, 2.75) is 38.1 Å². The molecule has 5 heteroatoms. The van der Waals surface area contributed by atoms with Crippen molar-refractivity contribution in [1.29, 1.82) is 0 Å². The number of anilines is 2. The number of carbonyl (C=O) groups is 1. The van der Waals surface area contributed by atoms with Crippen molar-refractivity contribution in [3.63, 3.8) is 0 Å². The van der Waals surface area contributed by atoms with E-state index >= 15 is 0 Å². The number of nitrogens with zero attached hydrogens (tertiary/aromatic N) is 3. The van der Waals surface area contributed by atoms with Crippen molar-refractivity contribution in [1.82, 2.24) is 9.55 Å². The Morgan fingerprint density at radius 1 is 0.865 bits per heavy atom.